The summed E-state index contributed by atoms with van der Waals surface area (Å²) in [5.74, 6) is 0.877. The molecular formula is C20H25N3O7. The van der Waals surface area contributed by atoms with Crippen molar-refractivity contribution in [3.05, 3.63) is 45.2 Å². The monoisotopic (exact) mass is 419 g/mol. The molecule has 0 atom stereocenters. The number of aliphatic hydroxyl groups excluding tert-OH is 3. The number of aromatic nitrogens is 3. The number of hydrogen-bond acceptors (Lipinski definition) is 7. The highest BCUT2D eigenvalue weighted by Gasteiger charge is 2.35. The number of aliphatic hydroxyl groups is 3. The minimum absolute atomic E-state index is 0.201. The maximum atomic E-state index is 13.1. The summed E-state index contributed by atoms with van der Waals surface area (Å²) in [4.78, 5) is 25.5. The normalized spacial score (nSPS) is 11.8. The van der Waals surface area contributed by atoms with E-state index in [0.717, 1.165) is 4.57 Å². The zero-order valence-corrected chi connectivity index (χ0v) is 17.2. The van der Waals surface area contributed by atoms with Crippen LogP contribution >= 0.6 is 0 Å². The molecule has 30 heavy (non-hydrogen) atoms. The standard InChI is InChI=1S/C20H25N3O7/c1-21-13-8-23(20(9-24,10-25)11-26)17(16(13)18(27)22(2)19(21)28)12-5-6-14(29-3)15(7-12)30-4/h5-8,24-26H,9-11H2,1-4H3. The maximum absolute atomic E-state index is 13.1. The van der Waals surface area contributed by atoms with Crippen LogP contribution in [0.2, 0.25) is 0 Å². The Balaban J connectivity index is 2.55. The van der Waals surface area contributed by atoms with Crippen molar-refractivity contribution in [2.75, 3.05) is 34.0 Å². The molecule has 3 N–H and O–H groups in total. The Kier molecular flexibility index (Phi) is 5.75. The van der Waals surface area contributed by atoms with Gasteiger partial charge in [0.15, 0.2) is 11.5 Å². The van der Waals surface area contributed by atoms with Gasteiger partial charge in [0, 0.05) is 25.9 Å². The summed E-state index contributed by atoms with van der Waals surface area (Å²) < 4.78 is 14.4. The van der Waals surface area contributed by atoms with Gasteiger partial charge in [-0.3, -0.25) is 13.9 Å². The summed E-state index contributed by atoms with van der Waals surface area (Å²) >= 11 is 0. The molecule has 0 saturated heterocycles. The first-order chi connectivity index (χ1) is 14.3. The zero-order valence-electron chi connectivity index (χ0n) is 17.2. The van der Waals surface area contributed by atoms with Crippen LogP contribution in [0.4, 0.5) is 0 Å². The third-order valence-corrected chi connectivity index (χ3v) is 5.49. The summed E-state index contributed by atoms with van der Waals surface area (Å²) in [5.41, 5.74) is -1.45. The molecule has 2 aromatic heterocycles. The van der Waals surface area contributed by atoms with Crippen molar-refractivity contribution in [1.29, 1.82) is 0 Å². The second-order valence-corrected chi connectivity index (χ2v) is 7.08. The smallest absolute Gasteiger partial charge is 0.330 e. The van der Waals surface area contributed by atoms with Gasteiger partial charge in [0.2, 0.25) is 0 Å². The summed E-state index contributed by atoms with van der Waals surface area (Å²) in [6.07, 6.45) is 1.48. The SMILES string of the molecule is COc1ccc(-c2c3c(=O)n(C)c(=O)n(C)c3cn2C(CO)(CO)CO)cc1OC. The lowest BCUT2D eigenvalue weighted by molar-refractivity contribution is 0.0168. The molecular weight excluding hydrogens is 394 g/mol. The quantitative estimate of drug-likeness (QED) is 0.466. The van der Waals surface area contributed by atoms with Gasteiger partial charge in [0.25, 0.3) is 5.56 Å². The molecule has 2 heterocycles. The third kappa shape index (κ3) is 3.00. The van der Waals surface area contributed by atoms with Crippen molar-refractivity contribution in [3.8, 4) is 22.8 Å². The molecule has 0 unspecified atom stereocenters. The highest BCUT2D eigenvalue weighted by molar-refractivity contribution is 5.94. The highest BCUT2D eigenvalue weighted by Crippen LogP contribution is 2.37. The number of rotatable bonds is 7. The fourth-order valence-electron chi connectivity index (χ4n) is 3.56. The third-order valence-electron chi connectivity index (χ3n) is 5.49. The number of fused-ring (bicyclic) bond motifs is 1. The Morgan fingerprint density at radius 3 is 2.07 bits per heavy atom. The lowest BCUT2D eigenvalue weighted by Gasteiger charge is -2.31. The van der Waals surface area contributed by atoms with Crippen LogP contribution in [-0.4, -0.2) is 63.1 Å². The first-order valence-electron chi connectivity index (χ1n) is 9.16. The van der Waals surface area contributed by atoms with Crippen LogP contribution in [0.25, 0.3) is 22.2 Å². The molecule has 3 aromatic rings. The van der Waals surface area contributed by atoms with E-state index < -0.39 is 36.6 Å². The Morgan fingerprint density at radius 2 is 1.53 bits per heavy atom. The molecule has 0 aliphatic carbocycles. The van der Waals surface area contributed by atoms with Crippen molar-refractivity contribution in [2.24, 2.45) is 14.1 Å². The number of nitrogens with zero attached hydrogens (tertiary/aromatic N) is 3. The molecule has 3 rings (SSSR count). The molecule has 0 saturated carbocycles. The predicted octanol–water partition coefficient (Wildman–Crippen LogP) is -0.605. The van der Waals surface area contributed by atoms with Crippen molar-refractivity contribution in [2.45, 2.75) is 5.54 Å². The summed E-state index contributed by atoms with van der Waals surface area (Å²) in [6, 6.07) is 4.99. The number of aryl methyl sites for hydroxylation is 1. The molecule has 0 aliphatic rings. The van der Waals surface area contributed by atoms with E-state index in [2.05, 4.69) is 0 Å². The van der Waals surface area contributed by atoms with Crippen LogP contribution in [0.3, 0.4) is 0 Å². The Labute approximate surface area is 171 Å². The second kappa shape index (κ2) is 7.98. The minimum atomic E-state index is -1.51. The van der Waals surface area contributed by atoms with E-state index in [4.69, 9.17) is 9.47 Å². The first-order valence-corrected chi connectivity index (χ1v) is 9.16. The Morgan fingerprint density at radius 1 is 0.933 bits per heavy atom. The van der Waals surface area contributed by atoms with Gasteiger partial charge < -0.3 is 29.4 Å². The number of methoxy groups -OCH3 is 2. The molecule has 1 aromatic carbocycles. The lowest BCUT2D eigenvalue weighted by Crippen LogP contribution is -2.44. The van der Waals surface area contributed by atoms with Crippen LogP contribution in [0.5, 0.6) is 11.5 Å². The molecule has 0 aliphatic heterocycles. The van der Waals surface area contributed by atoms with Gasteiger partial charge in [-0.15, -0.1) is 0 Å². The molecule has 0 fully saturated rings. The summed E-state index contributed by atoms with van der Waals surface area (Å²) in [5, 5.41) is 30.3. The van der Waals surface area contributed by atoms with Gasteiger partial charge in [-0.1, -0.05) is 0 Å². The maximum Gasteiger partial charge on any atom is 0.330 e. The second-order valence-electron chi connectivity index (χ2n) is 7.08. The van der Waals surface area contributed by atoms with E-state index in [9.17, 15) is 24.9 Å². The van der Waals surface area contributed by atoms with Gasteiger partial charge in [-0.2, -0.15) is 0 Å². The molecule has 10 nitrogen and oxygen atoms in total. The van der Waals surface area contributed by atoms with E-state index >= 15 is 0 Å². The van der Waals surface area contributed by atoms with Crippen LogP contribution in [0.1, 0.15) is 0 Å². The fourth-order valence-corrected chi connectivity index (χ4v) is 3.56. The molecule has 0 radical (unpaired) electrons. The molecule has 0 bridgehead atoms. The Hall–Kier alpha value is -3.08. The van der Waals surface area contributed by atoms with Crippen LogP contribution in [0, 0.1) is 0 Å². The molecule has 0 spiro atoms. The van der Waals surface area contributed by atoms with E-state index in [1.807, 2.05) is 0 Å². The molecule has 162 valence electrons. The summed E-state index contributed by atoms with van der Waals surface area (Å²) in [6.45, 7) is -1.80. The first kappa shape index (κ1) is 21.6. The number of benzene rings is 1. The average molecular weight is 419 g/mol. The van der Waals surface area contributed by atoms with E-state index in [-0.39, 0.29) is 5.39 Å². The van der Waals surface area contributed by atoms with Crippen LogP contribution in [0.15, 0.2) is 34.0 Å². The average Bonchev–Trinajstić information content (AvgIpc) is 3.18. The van der Waals surface area contributed by atoms with Gasteiger partial charge in [0.1, 0.15) is 5.54 Å². The zero-order chi connectivity index (χ0) is 22.2. The number of ether oxygens (including phenoxy) is 2. The largest absolute Gasteiger partial charge is 0.493 e. The minimum Gasteiger partial charge on any atom is -0.493 e. The van der Waals surface area contributed by atoms with Gasteiger partial charge >= 0.3 is 5.69 Å². The molecule has 0 amide bonds. The number of hydrogen-bond donors (Lipinski definition) is 3. The Bertz CT molecular complexity index is 1190. The van der Waals surface area contributed by atoms with E-state index in [1.54, 1.807) is 18.2 Å². The van der Waals surface area contributed by atoms with Crippen molar-refractivity contribution >= 4 is 10.9 Å². The van der Waals surface area contributed by atoms with E-state index in [1.165, 1.54) is 43.6 Å². The van der Waals surface area contributed by atoms with Crippen LogP contribution < -0.4 is 20.7 Å². The summed E-state index contributed by atoms with van der Waals surface area (Å²) in [7, 11) is 5.86. The van der Waals surface area contributed by atoms with Crippen LogP contribution in [-0.2, 0) is 19.6 Å². The topological polar surface area (TPSA) is 128 Å². The molecule has 10 heteroatoms. The highest BCUT2D eigenvalue weighted by atomic mass is 16.5. The van der Waals surface area contributed by atoms with Crippen molar-refractivity contribution in [1.82, 2.24) is 13.7 Å². The predicted molar refractivity (Wildman–Crippen MR) is 110 cm³/mol. The van der Waals surface area contributed by atoms with Crippen molar-refractivity contribution in [3.63, 3.8) is 0 Å². The van der Waals surface area contributed by atoms with Gasteiger partial charge in [0.05, 0.1) is 50.6 Å². The lowest BCUT2D eigenvalue weighted by atomic mass is 10.0. The fraction of sp³-hybridized carbons (Fsp3) is 0.400. The van der Waals surface area contributed by atoms with E-state index in [0.29, 0.717) is 28.3 Å². The van der Waals surface area contributed by atoms with Crippen molar-refractivity contribution < 1.29 is 24.8 Å². The van der Waals surface area contributed by atoms with Gasteiger partial charge in [-0.05, 0) is 18.2 Å². The van der Waals surface area contributed by atoms with Gasteiger partial charge in [-0.25, -0.2) is 4.79 Å².